The van der Waals surface area contributed by atoms with Crippen LogP contribution in [0.4, 0.5) is 13.2 Å². The number of carbonyl (C=O) groups excluding carboxylic acids is 1. The van der Waals surface area contributed by atoms with E-state index in [9.17, 15) is 23.1 Å². The second-order valence-corrected chi connectivity index (χ2v) is 8.41. The highest BCUT2D eigenvalue weighted by atomic mass is 35.5. The molecule has 0 radical (unpaired) electrons. The van der Waals surface area contributed by atoms with Gasteiger partial charge in [-0.2, -0.15) is 13.2 Å². The number of alkyl halides is 3. The number of halogens is 4. The van der Waals surface area contributed by atoms with Crippen LogP contribution in [-0.4, -0.2) is 46.1 Å². The molecule has 0 bridgehead atoms. The van der Waals surface area contributed by atoms with Gasteiger partial charge < -0.3 is 24.9 Å². The summed E-state index contributed by atoms with van der Waals surface area (Å²) in [5, 5.41) is 10.4. The predicted octanol–water partition coefficient (Wildman–Crippen LogP) is 4.66. The van der Waals surface area contributed by atoms with Crippen LogP contribution < -0.4 is 10.5 Å². The number of amides is 1. The van der Waals surface area contributed by atoms with Crippen molar-refractivity contribution in [2.24, 2.45) is 5.73 Å². The van der Waals surface area contributed by atoms with Gasteiger partial charge in [0.25, 0.3) is 5.91 Å². The first kappa shape index (κ1) is 26.4. The second kappa shape index (κ2) is 10.8. The molecule has 4 aromatic rings. The first-order chi connectivity index (χ1) is 17.7. The molecule has 0 aliphatic carbocycles. The lowest BCUT2D eigenvalue weighted by Crippen LogP contribution is -2.34. The fourth-order valence-corrected chi connectivity index (χ4v) is 3.93. The predicted molar refractivity (Wildman–Crippen MR) is 130 cm³/mol. The van der Waals surface area contributed by atoms with Gasteiger partial charge in [0.2, 0.25) is 5.89 Å². The van der Waals surface area contributed by atoms with Crippen LogP contribution in [0.3, 0.4) is 0 Å². The Balaban J connectivity index is 1.76. The maximum absolute atomic E-state index is 13.4. The third-order valence-corrected chi connectivity index (χ3v) is 5.84. The van der Waals surface area contributed by atoms with E-state index >= 15 is 0 Å². The summed E-state index contributed by atoms with van der Waals surface area (Å²) in [7, 11) is 1.32. The molecule has 0 spiro atoms. The van der Waals surface area contributed by atoms with Crippen LogP contribution in [0.2, 0.25) is 5.02 Å². The Morgan fingerprint density at radius 1 is 1.14 bits per heavy atom. The highest BCUT2D eigenvalue weighted by molar-refractivity contribution is 6.30. The molecule has 12 heteroatoms. The number of oxazole rings is 1. The Bertz CT molecular complexity index is 1420. The lowest BCUT2D eigenvalue weighted by molar-refractivity contribution is -0.140. The van der Waals surface area contributed by atoms with Crippen molar-refractivity contribution in [2.45, 2.75) is 19.3 Å². The first-order valence-corrected chi connectivity index (χ1v) is 11.4. The van der Waals surface area contributed by atoms with Crippen LogP contribution in [-0.2, 0) is 19.3 Å². The lowest BCUT2D eigenvalue weighted by atomic mass is 10.1. The van der Waals surface area contributed by atoms with E-state index in [2.05, 4.69) is 9.97 Å². The number of benzene rings is 2. The molecule has 2 aromatic heterocycles. The molecule has 2 aromatic carbocycles. The molecule has 2 heterocycles. The minimum atomic E-state index is -4.65. The molecule has 1 amide bonds. The fraction of sp³-hybridized carbons (Fsp3) is 0.240. The van der Waals surface area contributed by atoms with E-state index in [4.69, 9.17) is 26.5 Å². The molecule has 37 heavy (non-hydrogen) atoms. The Morgan fingerprint density at radius 2 is 1.86 bits per heavy atom. The number of pyridine rings is 1. The molecule has 4 rings (SSSR count). The Hall–Kier alpha value is -3.67. The zero-order valence-electron chi connectivity index (χ0n) is 19.6. The Morgan fingerprint density at radius 3 is 2.49 bits per heavy atom. The van der Waals surface area contributed by atoms with E-state index in [1.807, 2.05) is 0 Å². The summed E-state index contributed by atoms with van der Waals surface area (Å²) in [6, 6.07) is 12.0. The van der Waals surface area contributed by atoms with Crippen LogP contribution >= 0.6 is 11.6 Å². The van der Waals surface area contributed by atoms with Gasteiger partial charge in [0.1, 0.15) is 17.0 Å². The van der Waals surface area contributed by atoms with Gasteiger partial charge in [-0.05, 0) is 42.0 Å². The molecular formula is C25H22ClF3N4O4. The average molecular weight is 535 g/mol. The normalized spacial score (nSPS) is 11.6. The minimum Gasteiger partial charge on any atom is -0.494 e. The number of rotatable bonds is 8. The maximum atomic E-state index is 13.4. The van der Waals surface area contributed by atoms with Crippen LogP contribution in [0.25, 0.3) is 22.4 Å². The molecule has 0 unspecified atom stereocenters. The van der Waals surface area contributed by atoms with Crippen molar-refractivity contribution >= 4 is 28.4 Å². The van der Waals surface area contributed by atoms with Crippen molar-refractivity contribution in [1.82, 2.24) is 14.9 Å². The number of hydrogen-bond donors (Lipinski definition) is 2. The quantitative estimate of drug-likeness (QED) is 0.338. The zero-order valence-corrected chi connectivity index (χ0v) is 20.3. The monoisotopic (exact) mass is 534 g/mol. The van der Waals surface area contributed by atoms with Gasteiger partial charge in [0.05, 0.1) is 20.3 Å². The van der Waals surface area contributed by atoms with Gasteiger partial charge in [0.15, 0.2) is 11.5 Å². The van der Waals surface area contributed by atoms with Gasteiger partial charge in [-0.25, -0.2) is 9.97 Å². The summed E-state index contributed by atoms with van der Waals surface area (Å²) in [6.07, 6.45) is -4.65. The topological polar surface area (TPSA) is 115 Å². The van der Waals surface area contributed by atoms with E-state index < -0.39 is 17.8 Å². The molecule has 0 fully saturated rings. The summed E-state index contributed by atoms with van der Waals surface area (Å²) in [6.45, 7) is -0.271. The highest BCUT2D eigenvalue weighted by Crippen LogP contribution is 2.37. The van der Waals surface area contributed by atoms with Crippen molar-refractivity contribution in [3.05, 3.63) is 76.3 Å². The van der Waals surface area contributed by atoms with Gasteiger partial charge >= 0.3 is 6.18 Å². The lowest BCUT2D eigenvalue weighted by Gasteiger charge is -2.21. The van der Waals surface area contributed by atoms with E-state index in [1.165, 1.54) is 24.1 Å². The number of aliphatic hydroxyl groups excluding tert-OH is 1. The second-order valence-electron chi connectivity index (χ2n) is 7.98. The average Bonchev–Trinajstić information content (AvgIpc) is 3.32. The zero-order chi connectivity index (χ0) is 26.7. The SMILES string of the molecule is COc1ccc(-c2nc(C(=O)N(CCO)Cc3ccc(Cl)cc3)c(CN)o2)c2ccc(C(F)(F)F)nc12. The van der Waals surface area contributed by atoms with Crippen LogP contribution in [0, 0.1) is 0 Å². The molecular weight excluding hydrogens is 513 g/mol. The van der Waals surface area contributed by atoms with E-state index in [0.29, 0.717) is 10.6 Å². The molecule has 0 aliphatic heterocycles. The minimum absolute atomic E-state index is 0.0171. The third-order valence-electron chi connectivity index (χ3n) is 5.59. The Kier molecular flexibility index (Phi) is 7.67. The van der Waals surface area contributed by atoms with Crippen molar-refractivity contribution in [3.63, 3.8) is 0 Å². The third kappa shape index (κ3) is 5.53. The molecule has 0 saturated carbocycles. The summed E-state index contributed by atoms with van der Waals surface area (Å²) in [4.78, 5) is 22.9. The Labute approximate surface area is 214 Å². The molecule has 3 N–H and O–H groups in total. The van der Waals surface area contributed by atoms with Gasteiger partial charge in [0, 0.05) is 29.1 Å². The number of carbonyl (C=O) groups is 1. The number of aliphatic hydroxyl groups is 1. The van der Waals surface area contributed by atoms with E-state index in [0.717, 1.165) is 11.6 Å². The number of fused-ring (bicyclic) bond motifs is 1. The number of methoxy groups -OCH3 is 1. The van der Waals surface area contributed by atoms with Gasteiger partial charge in [-0.15, -0.1) is 0 Å². The van der Waals surface area contributed by atoms with Gasteiger partial charge in [-0.3, -0.25) is 4.79 Å². The maximum Gasteiger partial charge on any atom is 0.433 e. The summed E-state index contributed by atoms with van der Waals surface area (Å²) < 4.78 is 50.8. The summed E-state index contributed by atoms with van der Waals surface area (Å²) in [5.41, 5.74) is 5.71. The summed E-state index contributed by atoms with van der Waals surface area (Å²) >= 11 is 5.93. The van der Waals surface area contributed by atoms with E-state index in [1.54, 1.807) is 30.3 Å². The smallest absolute Gasteiger partial charge is 0.433 e. The van der Waals surface area contributed by atoms with E-state index in [-0.39, 0.29) is 60.2 Å². The summed E-state index contributed by atoms with van der Waals surface area (Å²) in [5.74, 6) is -0.338. The number of nitrogens with zero attached hydrogens (tertiary/aromatic N) is 3. The number of ether oxygens (including phenoxy) is 1. The molecule has 194 valence electrons. The number of nitrogens with two attached hydrogens (primary N) is 1. The number of hydrogen-bond acceptors (Lipinski definition) is 7. The first-order valence-electron chi connectivity index (χ1n) is 11.1. The highest BCUT2D eigenvalue weighted by Gasteiger charge is 2.33. The van der Waals surface area contributed by atoms with Crippen molar-refractivity contribution in [3.8, 4) is 17.2 Å². The largest absolute Gasteiger partial charge is 0.494 e. The van der Waals surface area contributed by atoms with Crippen LogP contribution in [0.1, 0.15) is 27.5 Å². The van der Waals surface area contributed by atoms with Crippen molar-refractivity contribution < 1.29 is 32.2 Å². The standard InChI is InChI=1S/C25H22ClF3N4O4/c1-36-18-8-6-17(16-7-9-20(25(27,28)29)31-21(16)18)23-32-22(19(12-30)37-23)24(35)33(10-11-34)13-14-2-4-15(26)5-3-14/h2-9,34H,10-13,30H2,1H3. The van der Waals surface area contributed by atoms with Gasteiger partial charge in [-0.1, -0.05) is 23.7 Å². The molecule has 0 atom stereocenters. The molecule has 0 saturated heterocycles. The molecule has 8 nitrogen and oxygen atoms in total. The fourth-order valence-electron chi connectivity index (χ4n) is 3.81. The molecule has 0 aliphatic rings. The number of aromatic nitrogens is 2. The van der Waals surface area contributed by atoms with Crippen molar-refractivity contribution in [1.29, 1.82) is 0 Å². The van der Waals surface area contributed by atoms with Crippen LogP contribution in [0.5, 0.6) is 5.75 Å². The van der Waals surface area contributed by atoms with Crippen LogP contribution in [0.15, 0.2) is 52.9 Å². The van der Waals surface area contributed by atoms with Crippen molar-refractivity contribution in [2.75, 3.05) is 20.3 Å².